The lowest BCUT2D eigenvalue weighted by Gasteiger charge is -2.07. The van der Waals surface area contributed by atoms with Crippen LogP contribution in [0.3, 0.4) is 0 Å². The van der Waals surface area contributed by atoms with Crippen molar-refractivity contribution < 1.29 is 9.53 Å². The minimum atomic E-state index is -0.321. The topological polar surface area (TPSA) is 124 Å². The summed E-state index contributed by atoms with van der Waals surface area (Å²) in [5.41, 5.74) is 16.4. The Labute approximate surface area is 92.8 Å². The molecule has 0 aliphatic carbocycles. The average Bonchev–Trinajstić information content (AvgIpc) is 2.24. The average molecular weight is 226 g/mol. The third kappa shape index (κ3) is 8.68. The first kappa shape index (κ1) is 14.1. The number of hydrogen-bond acceptors (Lipinski definition) is 4. The van der Waals surface area contributed by atoms with Crippen LogP contribution < -0.4 is 0 Å². The Balaban J connectivity index is 3.71. The second kappa shape index (κ2) is 9.64. The molecular formula is C8H14N6O2. The van der Waals surface area contributed by atoms with Gasteiger partial charge in [0.15, 0.2) is 0 Å². The summed E-state index contributed by atoms with van der Waals surface area (Å²) in [7, 11) is 0. The van der Waals surface area contributed by atoms with E-state index in [1.54, 1.807) is 0 Å². The maximum atomic E-state index is 10.4. The van der Waals surface area contributed by atoms with Gasteiger partial charge in [-0.05, 0) is 30.3 Å². The van der Waals surface area contributed by atoms with Crippen LogP contribution in [0.25, 0.3) is 20.9 Å². The quantitative estimate of drug-likeness (QED) is 0.207. The number of hydrogen-bond donors (Lipinski definition) is 0. The molecular weight excluding hydrogens is 212 g/mol. The van der Waals surface area contributed by atoms with Gasteiger partial charge in [0.2, 0.25) is 0 Å². The standard InChI is InChI=1S/C8H14N6O2/c1-7(15)16-5-3-2-4-8(12-14-10)6-11-13-9/h8H,2-6H2,1H3. The van der Waals surface area contributed by atoms with E-state index in [9.17, 15) is 4.79 Å². The maximum absolute atomic E-state index is 10.4. The van der Waals surface area contributed by atoms with Crippen LogP contribution in [0.2, 0.25) is 0 Å². The summed E-state index contributed by atoms with van der Waals surface area (Å²) in [6.07, 6.45) is 2.07. The molecule has 0 saturated carbocycles. The maximum Gasteiger partial charge on any atom is 0.302 e. The Morgan fingerprint density at radius 1 is 1.38 bits per heavy atom. The van der Waals surface area contributed by atoms with Crippen molar-refractivity contribution in [1.29, 1.82) is 0 Å². The third-order valence-corrected chi connectivity index (χ3v) is 1.81. The molecule has 0 aromatic rings. The van der Waals surface area contributed by atoms with Gasteiger partial charge in [0, 0.05) is 29.3 Å². The molecule has 0 aromatic carbocycles. The SMILES string of the molecule is CC(=O)OCCCCC(CN=[N+]=[N-])N=[N+]=[N-]. The van der Waals surface area contributed by atoms with Gasteiger partial charge in [0.1, 0.15) is 0 Å². The minimum absolute atomic E-state index is 0.161. The number of carbonyl (C=O) groups is 1. The molecule has 8 heteroatoms. The Hall–Kier alpha value is -1.91. The molecule has 1 unspecified atom stereocenters. The van der Waals surface area contributed by atoms with E-state index >= 15 is 0 Å². The molecule has 0 aromatic heterocycles. The zero-order valence-electron chi connectivity index (χ0n) is 9.11. The number of carbonyl (C=O) groups excluding carboxylic acids is 1. The van der Waals surface area contributed by atoms with Crippen LogP contribution in [0.4, 0.5) is 0 Å². The van der Waals surface area contributed by atoms with Crippen LogP contribution in [0.5, 0.6) is 0 Å². The Morgan fingerprint density at radius 3 is 2.69 bits per heavy atom. The summed E-state index contributed by atoms with van der Waals surface area (Å²) in [5, 5.41) is 6.85. The molecule has 16 heavy (non-hydrogen) atoms. The Morgan fingerprint density at radius 2 is 2.12 bits per heavy atom. The van der Waals surface area contributed by atoms with Gasteiger partial charge in [-0.25, -0.2) is 0 Å². The fourth-order valence-electron chi connectivity index (χ4n) is 1.09. The second-order valence-electron chi connectivity index (χ2n) is 3.11. The summed E-state index contributed by atoms with van der Waals surface area (Å²) >= 11 is 0. The Kier molecular flexibility index (Phi) is 8.49. The summed E-state index contributed by atoms with van der Waals surface area (Å²) in [6, 6.07) is -0.321. The summed E-state index contributed by atoms with van der Waals surface area (Å²) in [5.74, 6) is -0.305. The van der Waals surface area contributed by atoms with Crippen LogP contribution in [0, 0.1) is 0 Å². The van der Waals surface area contributed by atoms with Gasteiger partial charge in [-0.2, -0.15) is 0 Å². The zero-order valence-corrected chi connectivity index (χ0v) is 9.11. The van der Waals surface area contributed by atoms with Crippen molar-refractivity contribution in [2.24, 2.45) is 10.2 Å². The van der Waals surface area contributed by atoms with Gasteiger partial charge < -0.3 is 4.74 Å². The van der Waals surface area contributed by atoms with E-state index in [1.165, 1.54) is 6.92 Å². The molecule has 1 atom stereocenters. The Bertz CT molecular complexity index is 306. The number of rotatable bonds is 8. The molecule has 0 heterocycles. The first-order chi connectivity index (χ1) is 7.70. The van der Waals surface area contributed by atoms with E-state index in [-0.39, 0.29) is 18.6 Å². The first-order valence-electron chi connectivity index (χ1n) is 4.89. The monoisotopic (exact) mass is 226 g/mol. The fourth-order valence-corrected chi connectivity index (χ4v) is 1.09. The summed E-state index contributed by atoms with van der Waals surface area (Å²) in [4.78, 5) is 15.7. The lowest BCUT2D eigenvalue weighted by molar-refractivity contribution is -0.141. The molecule has 0 amide bonds. The molecule has 0 bridgehead atoms. The molecule has 0 rings (SSSR count). The van der Waals surface area contributed by atoms with Gasteiger partial charge in [-0.3, -0.25) is 4.79 Å². The van der Waals surface area contributed by atoms with Crippen molar-refractivity contribution in [3.8, 4) is 0 Å². The molecule has 0 spiro atoms. The molecule has 88 valence electrons. The highest BCUT2D eigenvalue weighted by Gasteiger charge is 2.04. The van der Waals surface area contributed by atoms with E-state index < -0.39 is 0 Å². The number of nitrogens with zero attached hydrogens (tertiary/aromatic N) is 6. The van der Waals surface area contributed by atoms with Crippen LogP contribution in [-0.4, -0.2) is 25.2 Å². The van der Waals surface area contributed by atoms with E-state index in [1.807, 2.05) is 0 Å². The molecule has 0 fully saturated rings. The molecule has 8 nitrogen and oxygen atoms in total. The van der Waals surface area contributed by atoms with Crippen molar-refractivity contribution in [2.45, 2.75) is 32.2 Å². The normalized spacial score (nSPS) is 10.8. The highest BCUT2D eigenvalue weighted by Crippen LogP contribution is 2.06. The van der Waals surface area contributed by atoms with Gasteiger partial charge in [-0.15, -0.1) is 0 Å². The van der Waals surface area contributed by atoms with Crippen molar-refractivity contribution in [1.82, 2.24) is 0 Å². The van der Waals surface area contributed by atoms with Gasteiger partial charge in [0.25, 0.3) is 0 Å². The fraction of sp³-hybridized carbons (Fsp3) is 0.875. The first-order valence-corrected chi connectivity index (χ1v) is 4.89. The highest BCUT2D eigenvalue weighted by molar-refractivity contribution is 5.65. The van der Waals surface area contributed by atoms with E-state index in [4.69, 9.17) is 15.8 Å². The van der Waals surface area contributed by atoms with Crippen LogP contribution in [-0.2, 0) is 9.53 Å². The van der Waals surface area contributed by atoms with Crippen molar-refractivity contribution >= 4 is 5.97 Å². The van der Waals surface area contributed by atoms with Crippen molar-refractivity contribution in [3.05, 3.63) is 20.9 Å². The summed E-state index contributed by atoms with van der Waals surface area (Å²) in [6.45, 7) is 1.87. The lowest BCUT2D eigenvalue weighted by Crippen LogP contribution is -2.08. The number of esters is 1. The lowest BCUT2D eigenvalue weighted by atomic mass is 10.1. The minimum Gasteiger partial charge on any atom is -0.466 e. The van der Waals surface area contributed by atoms with E-state index in [0.29, 0.717) is 19.4 Å². The predicted octanol–water partition coefficient (Wildman–Crippen LogP) is 2.71. The molecule has 0 radical (unpaired) electrons. The van der Waals surface area contributed by atoms with Crippen molar-refractivity contribution in [3.63, 3.8) is 0 Å². The second-order valence-corrected chi connectivity index (χ2v) is 3.11. The molecule has 0 aliphatic heterocycles. The molecule has 0 N–H and O–H groups in total. The highest BCUT2D eigenvalue weighted by atomic mass is 16.5. The largest absolute Gasteiger partial charge is 0.466 e. The van der Waals surface area contributed by atoms with Crippen LogP contribution in [0.1, 0.15) is 26.2 Å². The predicted molar refractivity (Wildman–Crippen MR) is 57.4 cm³/mol. The molecule has 0 saturated heterocycles. The number of azide groups is 2. The third-order valence-electron chi connectivity index (χ3n) is 1.81. The zero-order chi connectivity index (χ0) is 12.2. The van der Waals surface area contributed by atoms with Crippen LogP contribution >= 0.6 is 0 Å². The van der Waals surface area contributed by atoms with Gasteiger partial charge in [-0.1, -0.05) is 10.2 Å². The van der Waals surface area contributed by atoms with E-state index in [0.717, 1.165) is 6.42 Å². The van der Waals surface area contributed by atoms with E-state index in [2.05, 4.69) is 20.1 Å². The molecule has 0 aliphatic rings. The summed E-state index contributed by atoms with van der Waals surface area (Å²) < 4.78 is 4.74. The van der Waals surface area contributed by atoms with Crippen LogP contribution in [0.15, 0.2) is 10.2 Å². The van der Waals surface area contributed by atoms with Gasteiger partial charge in [0.05, 0.1) is 6.61 Å². The number of ether oxygens (including phenoxy) is 1. The van der Waals surface area contributed by atoms with Crippen molar-refractivity contribution in [2.75, 3.05) is 13.2 Å². The van der Waals surface area contributed by atoms with Gasteiger partial charge >= 0.3 is 5.97 Å². The smallest absolute Gasteiger partial charge is 0.302 e. The number of unbranched alkanes of at least 4 members (excludes halogenated alkanes) is 1.